The van der Waals surface area contributed by atoms with E-state index in [1.807, 2.05) is 0 Å². The number of amides is 1. The predicted molar refractivity (Wildman–Crippen MR) is 58.4 cm³/mol. The van der Waals surface area contributed by atoms with Crippen LogP contribution < -0.4 is 0 Å². The molecule has 1 amide bonds. The summed E-state index contributed by atoms with van der Waals surface area (Å²) in [6.45, 7) is 0.444. The highest BCUT2D eigenvalue weighted by molar-refractivity contribution is 5.95. The fourth-order valence-electron chi connectivity index (χ4n) is 2.75. The lowest BCUT2D eigenvalue weighted by atomic mass is 10.1. The molecule has 0 aromatic heterocycles. The number of carbonyl (C=O) groups is 1. The van der Waals surface area contributed by atoms with E-state index in [2.05, 4.69) is 0 Å². The highest BCUT2D eigenvalue weighted by Gasteiger charge is 2.46. The molecule has 2 nitrogen and oxygen atoms in total. The van der Waals surface area contributed by atoms with Crippen LogP contribution in [0.2, 0.25) is 0 Å². The van der Waals surface area contributed by atoms with Crippen molar-refractivity contribution < 1.29 is 22.4 Å². The van der Waals surface area contributed by atoms with Gasteiger partial charge in [-0.1, -0.05) is 0 Å². The molecule has 1 heterocycles. The average Bonchev–Trinajstić information content (AvgIpc) is 3.18. The lowest BCUT2D eigenvalue weighted by Crippen LogP contribution is -2.38. The zero-order chi connectivity index (χ0) is 13.7. The fourth-order valence-corrected chi connectivity index (χ4v) is 2.75. The monoisotopic (exact) mass is 273 g/mol. The van der Waals surface area contributed by atoms with Crippen molar-refractivity contribution in [2.45, 2.75) is 25.3 Å². The number of fused-ring (bicyclic) bond motifs is 1. The predicted octanol–water partition coefficient (Wildman–Crippen LogP) is 2.87. The van der Waals surface area contributed by atoms with E-state index >= 15 is 0 Å². The number of nitrogens with zero attached hydrogens (tertiary/aromatic N) is 1. The van der Waals surface area contributed by atoms with Crippen LogP contribution in [0.4, 0.5) is 17.6 Å². The fraction of sp³-hybridized carbons (Fsp3) is 0.462. The Morgan fingerprint density at radius 2 is 1.89 bits per heavy atom. The second-order valence-corrected chi connectivity index (χ2v) is 5.05. The zero-order valence-electron chi connectivity index (χ0n) is 9.93. The third-order valence-electron chi connectivity index (χ3n) is 3.85. The highest BCUT2D eigenvalue weighted by atomic mass is 19.2. The van der Waals surface area contributed by atoms with Crippen LogP contribution in [-0.4, -0.2) is 23.4 Å². The number of hydrogen-bond acceptors (Lipinski definition) is 1. The molecule has 102 valence electrons. The van der Waals surface area contributed by atoms with Gasteiger partial charge in [0, 0.05) is 12.6 Å². The van der Waals surface area contributed by atoms with Gasteiger partial charge in [0.25, 0.3) is 5.91 Å². The minimum atomic E-state index is -1.94. The normalized spacial score (nSPS) is 25.2. The van der Waals surface area contributed by atoms with Gasteiger partial charge in [-0.15, -0.1) is 0 Å². The van der Waals surface area contributed by atoms with Crippen molar-refractivity contribution >= 4 is 5.91 Å². The van der Waals surface area contributed by atoms with E-state index in [-0.39, 0.29) is 6.04 Å². The molecule has 3 rings (SSSR count). The Labute approximate surface area is 107 Å². The third-order valence-corrected chi connectivity index (χ3v) is 3.85. The average molecular weight is 273 g/mol. The van der Waals surface area contributed by atoms with Crippen LogP contribution in [0, 0.1) is 29.2 Å². The lowest BCUT2D eigenvalue weighted by Gasteiger charge is -2.27. The molecule has 1 aliphatic heterocycles. The van der Waals surface area contributed by atoms with Crippen LogP contribution in [0.15, 0.2) is 6.07 Å². The van der Waals surface area contributed by atoms with Crippen molar-refractivity contribution in [2.75, 3.05) is 6.54 Å². The molecule has 0 spiro atoms. The topological polar surface area (TPSA) is 20.3 Å². The first-order valence-corrected chi connectivity index (χ1v) is 6.14. The highest BCUT2D eigenvalue weighted by Crippen LogP contribution is 2.43. The van der Waals surface area contributed by atoms with Crippen LogP contribution >= 0.6 is 0 Å². The molecule has 1 aromatic rings. The summed E-state index contributed by atoms with van der Waals surface area (Å²) in [6, 6.07) is 0.471. The molecule has 2 atom stereocenters. The van der Waals surface area contributed by atoms with Gasteiger partial charge in [0.05, 0.1) is 5.56 Å². The van der Waals surface area contributed by atoms with E-state index in [1.54, 1.807) is 0 Å². The van der Waals surface area contributed by atoms with Crippen molar-refractivity contribution in [2.24, 2.45) is 5.92 Å². The van der Waals surface area contributed by atoms with Gasteiger partial charge in [0.1, 0.15) is 0 Å². The van der Waals surface area contributed by atoms with Gasteiger partial charge in [-0.2, -0.15) is 0 Å². The molecule has 2 fully saturated rings. The maximum Gasteiger partial charge on any atom is 0.257 e. The molecule has 1 aliphatic carbocycles. The molecule has 1 aromatic carbocycles. The second kappa shape index (κ2) is 4.21. The zero-order valence-corrected chi connectivity index (χ0v) is 9.93. The smallest absolute Gasteiger partial charge is 0.257 e. The van der Waals surface area contributed by atoms with Crippen molar-refractivity contribution in [3.8, 4) is 0 Å². The molecule has 6 heteroatoms. The molecule has 0 N–H and O–H groups in total. The quantitative estimate of drug-likeness (QED) is 0.438. The molecule has 1 saturated carbocycles. The Morgan fingerprint density at radius 3 is 2.63 bits per heavy atom. The van der Waals surface area contributed by atoms with E-state index in [0.29, 0.717) is 18.5 Å². The van der Waals surface area contributed by atoms with Crippen molar-refractivity contribution in [1.82, 2.24) is 4.90 Å². The Balaban J connectivity index is 1.96. The first-order valence-electron chi connectivity index (χ1n) is 6.14. The van der Waals surface area contributed by atoms with Crippen molar-refractivity contribution in [3.63, 3.8) is 0 Å². The van der Waals surface area contributed by atoms with Gasteiger partial charge < -0.3 is 4.90 Å². The van der Waals surface area contributed by atoms with Crippen LogP contribution in [0.5, 0.6) is 0 Å². The van der Waals surface area contributed by atoms with Gasteiger partial charge in [0.2, 0.25) is 0 Å². The number of halogens is 4. The van der Waals surface area contributed by atoms with Gasteiger partial charge in [-0.3, -0.25) is 4.79 Å². The molecule has 0 bridgehead atoms. The Bertz CT molecular complexity index is 560. The number of likely N-dealkylation sites (tertiary alicyclic amines) is 1. The number of carbonyl (C=O) groups excluding carboxylic acids is 1. The van der Waals surface area contributed by atoms with Gasteiger partial charge in [0.15, 0.2) is 23.3 Å². The molecule has 19 heavy (non-hydrogen) atoms. The summed E-state index contributed by atoms with van der Waals surface area (Å²) in [5.41, 5.74) is -0.732. The maximum atomic E-state index is 13.6. The summed E-state index contributed by atoms with van der Waals surface area (Å²) < 4.78 is 52.6. The van der Waals surface area contributed by atoms with Crippen molar-refractivity contribution in [1.29, 1.82) is 0 Å². The van der Waals surface area contributed by atoms with E-state index in [4.69, 9.17) is 0 Å². The summed E-state index contributed by atoms with van der Waals surface area (Å²) in [4.78, 5) is 13.5. The Morgan fingerprint density at radius 1 is 1.16 bits per heavy atom. The van der Waals surface area contributed by atoms with Crippen LogP contribution in [0.25, 0.3) is 0 Å². The number of piperidine rings is 1. The van der Waals surface area contributed by atoms with Crippen LogP contribution in [0.1, 0.15) is 29.6 Å². The molecule has 0 unspecified atom stereocenters. The van der Waals surface area contributed by atoms with E-state index < -0.39 is 34.7 Å². The standard InChI is InChI=1S/C13H11F4NO/c14-8-5-7(10(15)12(17)11(8)16)13(19)18-3-1-2-6-4-9(6)18/h5-6,9H,1-4H2/t6-,9-/m0/s1. The molecule has 0 radical (unpaired) electrons. The summed E-state index contributed by atoms with van der Waals surface area (Å²) in [7, 11) is 0. The molecular weight excluding hydrogens is 262 g/mol. The second-order valence-electron chi connectivity index (χ2n) is 5.05. The van der Waals surface area contributed by atoms with E-state index in [0.717, 1.165) is 19.3 Å². The lowest BCUT2D eigenvalue weighted by molar-refractivity contribution is 0.0699. The van der Waals surface area contributed by atoms with Crippen molar-refractivity contribution in [3.05, 3.63) is 34.9 Å². The Hall–Kier alpha value is -1.59. The summed E-state index contributed by atoms with van der Waals surface area (Å²) >= 11 is 0. The maximum absolute atomic E-state index is 13.6. The minimum absolute atomic E-state index is 0.0387. The largest absolute Gasteiger partial charge is 0.335 e. The number of benzene rings is 1. The number of rotatable bonds is 1. The molecule has 1 saturated heterocycles. The minimum Gasteiger partial charge on any atom is -0.335 e. The summed E-state index contributed by atoms with van der Waals surface area (Å²) in [6.07, 6.45) is 2.66. The molecule has 2 aliphatic rings. The van der Waals surface area contributed by atoms with Gasteiger partial charge in [-0.25, -0.2) is 17.6 Å². The van der Waals surface area contributed by atoms with E-state index in [1.165, 1.54) is 4.90 Å². The Kier molecular flexibility index (Phi) is 2.76. The first-order chi connectivity index (χ1) is 9.00. The van der Waals surface area contributed by atoms with Gasteiger partial charge in [-0.05, 0) is 31.2 Å². The van der Waals surface area contributed by atoms with E-state index in [9.17, 15) is 22.4 Å². The summed E-state index contributed by atoms with van der Waals surface area (Å²) in [5, 5.41) is 0. The van der Waals surface area contributed by atoms with Crippen LogP contribution in [-0.2, 0) is 0 Å². The summed E-state index contributed by atoms with van der Waals surface area (Å²) in [5.74, 6) is -7.35. The van der Waals surface area contributed by atoms with Gasteiger partial charge >= 0.3 is 0 Å². The molecular formula is C13H11F4NO. The third kappa shape index (κ3) is 1.89. The van der Waals surface area contributed by atoms with Crippen LogP contribution in [0.3, 0.4) is 0 Å². The number of hydrogen-bond donors (Lipinski definition) is 0. The first kappa shape index (κ1) is 12.4. The SMILES string of the molecule is O=C(c1cc(F)c(F)c(F)c1F)N1CCC[C@H]2C[C@@H]21.